The van der Waals surface area contributed by atoms with Crippen molar-refractivity contribution >= 4 is 27.3 Å². The van der Waals surface area contributed by atoms with Crippen LogP contribution in [0.5, 0.6) is 0 Å². The number of nitrogens with one attached hydrogen (secondary N) is 1. The van der Waals surface area contributed by atoms with E-state index in [1.807, 2.05) is 32.0 Å². The smallest absolute Gasteiger partial charge is 0.278 e. The molecule has 0 aliphatic carbocycles. The maximum Gasteiger partial charge on any atom is 0.280 e. The van der Waals surface area contributed by atoms with Gasteiger partial charge in [-0.05, 0) is 24.5 Å². The Kier molecular flexibility index (Phi) is 4.06. The summed E-state index contributed by atoms with van der Waals surface area (Å²) in [7, 11) is -2.23. The van der Waals surface area contributed by atoms with Gasteiger partial charge >= 0.3 is 0 Å². The molecule has 0 aliphatic rings. The molecule has 0 spiro atoms. The van der Waals surface area contributed by atoms with Crippen LogP contribution in [0, 0.1) is 6.92 Å². The molecule has 2 rings (SSSR count). The number of nitrogens with zero attached hydrogens (tertiary/aromatic N) is 2. The van der Waals surface area contributed by atoms with Crippen LogP contribution in [0.4, 0.5) is 5.69 Å². The fraction of sp³-hybridized carbons (Fsp3) is 0.308. The molecule has 0 aliphatic heterocycles. The van der Waals surface area contributed by atoms with Crippen molar-refractivity contribution in [1.82, 2.24) is 9.78 Å². The molecule has 5 nitrogen and oxygen atoms in total. The monoisotopic (exact) mass is 313 g/mol. The lowest BCUT2D eigenvalue weighted by Gasteiger charge is -2.14. The van der Waals surface area contributed by atoms with Gasteiger partial charge in [-0.3, -0.25) is 9.40 Å². The first kappa shape index (κ1) is 14.9. The van der Waals surface area contributed by atoms with Gasteiger partial charge in [0, 0.05) is 7.05 Å². The molecule has 108 valence electrons. The fourth-order valence-corrected chi connectivity index (χ4v) is 3.89. The van der Waals surface area contributed by atoms with Crippen molar-refractivity contribution in [2.75, 3.05) is 4.72 Å². The Labute approximate surface area is 123 Å². The summed E-state index contributed by atoms with van der Waals surface area (Å²) in [5.74, 6) is 0. The van der Waals surface area contributed by atoms with E-state index < -0.39 is 10.0 Å². The lowest BCUT2D eigenvalue weighted by atomic mass is 10.1. The highest BCUT2D eigenvalue weighted by Crippen LogP contribution is 2.27. The van der Waals surface area contributed by atoms with E-state index in [2.05, 4.69) is 9.82 Å². The average Bonchev–Trinajstić information content (AvgIpc) is 2.72. The number of benzene rings is 1. The average molecular weight is 314 g/mol. The summed E-state index contributed by atoms with van der Waals surface area (Å²) in [4.78, 5) is 0. The van der Waals surface area contributed by atoms with Gasteiger partial charge in [0.1, 0.15) is 0 Å². The van der Waals surface area contributed by atoms with Crippen LogP contribution in [0.2, 0.25) is 5.02 Å². The number of para-hydroxylation sites is 1. The summed E-state index contributed by atoms with van der Waals surface area (Å²) < 4.78 is 28.8. The van der Waals surface area contributed by atoms with Crippen LogP contribution in [0.1, 0.15) is 18.1 Å². The molecule has 0 amide bonds. The van der Waals surface area contributed by atoms with Crippen LogP contribution in [0.15, 0.2) is 29.4 Å². The Bertz CT molecular complexity index is 719. The number of aromatic nitrogens is 2. The van der Waals surface area contributed by atoms with E-state index in [4.69, 9.17) is 11.6 Å². The van der Waals surface area contributed by atoms with Gasteiger partial charge in [0.25, 0.3) is 10.0 Å². The zero-order chi connectivity index (χ0) is 14.9. The third kappa shape index (κ3) is 2.66. The van der Waals surface area contributed by atoms with Crippen molar-refractivity contribution in [1.29, 1.82) is 0 Å². The Morgan fingerprint density at radius 3 is 2.65 bits per heavy atom. The molecule has 0 radical (unpaired) electrons. The molecule has 20 heavy (non-hydrogen) atoms. The van der Waals surface area contributed by atoms with E-state index >= 15 is 0 Å². The second kappa shape index (κ2) is 5.46. The second-order valence-corrected chi connectivity index (χ2v) is 6.49. The Morgan fingerprint density at radius 2 is 2.10 bits per heavy atom. The molecule has 2 aromatic rings. The molecule has 7 heteroatoms. The van der Waals surface area contributed by atoms with Crippen molar-refractivity contribution in [3.8, 4) is 0 Å². The van der Waals surface area contributed by atoms with Gasteiger partial charge in [-0.2, -0.15) is 13.5 Å². The molecule has 0 saturated carbocycles. The van der Waals surface area contributed by atoms with E-state index in [9.17, 15) is 8.42 Å². The van der Waals surface area contributed by atoms with Gasteiger partial charge in [-0.25, -0.2) is 0 Å². The highest BCUT2D eigenvalue weighted by atomic mass is 35.5. The lowest BCUT2D eigenvalue weighted by molar-refractivity contribution is 0.582. The van der Waals surface area contributed by atoms with E-state index in [0.29, 0.717) is 5.69 Å². The molecule has 1 aromatic carbocycles. The molecular weight excluding hydrogens is 298 g/mol. The topological polar surface area (TPSA) is 64.0 Å². The summed E-state index contributed by atoms with van der Waals surface area (Å²) >= 11 is 5.91. The zero-order valence-corrected chi connectivity index (χ0v) is 13.1. The molecular formula is C13H16ClN3O2S. The molecule has 1 aromatic heterocycles. The van der Waals surface area contributed by atoms with Crippen LogP contribution in [-0.2, 0) is 23.5 Å². The van der Waals surface area contributed by atoms with Crippen molar-refractivity contribution in [3.63, 3.8) is 0 Å². The number of hydrogen-bond acceptors (Lipinski definition) is 3. The number of anilines is 1. The maximum atomic E-state index is 12.5. The van der Waals surface area contributed by atoms with Crippen LogP contribution < -0.4 is 4.72 Å². The van der Waals surface area contributed by atoms with Crippen LogP contribution in [0.25, 0.3) is 0 Å². The number of aryl methyl sites for hydroxylation is 3. The molecule has 0 bridgehead atoms. The lowest BCUT2D eigenvalue weighted by Crippen LogP contribution is -2.18. The molecule has 0 atom stereocenters. The van der Waals surface area contributed by atoms with Gasteiger partial charge in [-0.15, -0.1) is 0 Å². The van der Waals surface area contributed by atoms with Crippen LogP contribution >= 0.6 is 11.6 Å². The molecule has 0 saturated heterocycles. The van der Waals surface area contributed by atoms with E-state index in [1.165, 1.54) is 10.9 Å². The van der Waals surface area contributed by atoms with E-state index in [1.54, 1.807) is 7.05 Å². The van der Waals surface area contributed by atoms with Crippen molar-refractivity contribution in [3.05, 3.63) is 40.5 Å². The Morgan fingerprint density at radius 1 is 1.40 bits per heavy atom. The third-order valence-corrected chi connectivity index (χ3v) is 4.93. The summed E-state index contributed by atoms with van der Waals surface area (Å²) in [5.41, 5.74) is 2.41. The van der Waals surface area contributed by atoms with Crippen molar-refractivity contribution < 1.29 is 8.42 Å². The van der Waals surface area contributed by atoms with Gasteiger partial charge in [0.15, 0.2) is 5.03 Å². The van der Waals surface area contributed by atoms with Gasteiger partial charge < -0.3 is 0 Å². The molecule has 0 unspecified atom stereocenters. The normalized spacial score (nSPS) is 11.6. The quantitative estimate of drug-likeness (QED) is 0.944. The van der Waals surface area contributed by atoms with Crippen molar-refractivity contribution in [2.45, 2.75) is 25.3 Å². The number of rotatable bonds is 4. The molecule has 0 fully saturated rings. The number of hydrogen-bond donors (Lipinski definition) is 1. The molecule has 1 heterocycles. The van der Waals surface area contributed by atoms with E-state index in [-0.39, 0.29) is 10.0 Å². The minimum Gasteiger partial charge on any atom is -0.278 e. The van der Waals surface area contributed by atoms with Crippen molar-refractivity contribution in [2.24, 2.45) is 7.05 Å². The minimum atomic E-state index is -3.77. The Balaban J connectivity index is 2.50. The van der Waals surface area contributed by atoms with E-state index in [0.717, 1.165) is 17.5 Å². The van der Waals surface area contributed by atoms with Crippen LogP contribution in [-0.4, -0.2) is 18.2 Å². The van der Waals surface area contributed by atoms with Gasteiger partial charge in [0.05, 0.1) is 16.9 Å². The molecule has 1 N–H and O–H groups in total. The highest BCUT2D eigenvalue weighted by molar-refractivity contribution is 7.92. The standard InChI is InChI=1S/C13H16ClN3O2S/c1-4-10-7-5-6-9(2)12(10)16-20(18,19)13-11(14)8-15-17(13)3/h5-8,16H,4H2,1-3H3. The number of halogens is 1. The van der Waals surface area contributed by atoms with Crippen LogP contribution in [0.3, 0.4) is 0 Å². The summed E-state index contributed by atoms with van der Waals surface area (Å²) in [5, 5.41) is 3.92. The highest BCUT2D eigenvalue weighted by Gasteiger charge is 2.24. The first-order chi connectivity index (χ1) is 9.36. The van der Waals surface area contributed by atoms with Gasteiger partial charge in [-0.1, -0.05) is 36.7 Å². The number of sulfonamides is 1. The summed E-state index contributed by atoms with van der Waals surface area (Å²) in [6, 6.07) is 5.67. The summed E-state index contributed by atoms with van der Waals surface area (Å²) in [6.45, 7) is 3.84. The largest absolute Gasteiger partial charge is 0.280 e. The SMILES string of the molecule is CCc1cccc(C)c1NS(=O)(=O)c1c(Cl)cnn1C. The fourth-order valence-electron chi connectivity index (χ4n) is 2.05. The summed E-state index contributed by atoms with van der Waals surface area (Å²) in [6.07, 6.45) is 2.05. The third-order valence-electron chi connectivity index (χ3n) is 3.07. The minimum absolute atomic E-state index is 0.0375. The zero-order valence-electron chi connectivity index (χ0n) is 11.5. The Hall–Kier alpha value is -1.53. The maximum absolute atomic E-state index is 12.5. The predicted octanol–water partition coefficient (Wildman–Crippen LogP) is 2.75. The van der Waals surface area contributed by atoms with Gasteiger partial charge in [0.2, 0.25) is 0 Å². The first-order valence-corrected chi connectivity index (χ1v) is 8.01. The first-order valence-electron chi connectivity index (χ1n) is 6.15. The predicted molar refractivity (Wildman–Crippen MR) is 79.6 cm³/mol. The second-order valence-electron chi connectivity index (χ2n) is 4.49.